The Kier molecular flexibility index (Phi) is 3.40. The Morgan fingerprint density at radius 3 is 2.64 bits per heavy atom. The van der Waals surface area contributed by atoms with Crippen molar-refractivity contribution >= 4 is 5.91 Å². The summed E-state index contributed by atoms with van der Waals surface area (Å²) in [5.41, 5.74) is 0. The number of nitrogens with one attached hydrogen (secondary N) is 2. The first-order valence-corrected chi connectivity index (χ1v) is 5.86. The molecule has 2 aliphatic rings. The van der Waals surface area contributed by atoms with Gasteiger partial charge < -0.3 is 10.6 Å². The summed E-state index contributed by atoms with van der Waals surface area (Å²) < 4.78 is 0. The van der Waals surface area contributed by atoms with Crippen LogP contribution in [0.2, 0.25) is 0 Å². The molecule has 80 valence electrons. The monoisotopic (exact) mass is 196 g/mol. The van der Waals surface area contributed by atoms with Crippen molar-refractivity contribution in [3.8, 4) is 0 Å². The smallest absolute Gasteiger partial charge is 0.221 e. The molecule has 0 spiro atoms. The van der Waals surface area contributed by atoms with Crippen LogP contribution in [0.25, 0.3) is 0 Å². The Labute approximate surface area is 85.6 Å². The second kappa shape index (κ2) is 4.78. The molecule has 0 aromatic carbocycles. The highest BCUT2D eigenvalue weighted by atomic mass is 16.1. The number of carbonyl (C=O) groups is 1. The van der Waals surface area contributed by atoms with Crippen LogP contribution in [0.1, 0.15) is 38.5 Å². The van der Waals surface area contributed by atoms with Gasteiger partial charge in [-0.2, -0.15) is 0 Å². The average Bonchev–Trinajstić information content (AvgIpc) is 2.44. The lowest BCUT2D eigenvalue weighted by Gasteiger charge is -2.29. The van der Waals surface area contributed by atoms with Crippen LogP contribution in [-0.2, 0) is 4.79 Å². The van der Waals surface area contributed by atoms with Crippen molar-refractivity contribution in [1.82, 2.24) is 10.6 Å². The molecule has 1 saturated carbocycles. The zero-order valence-electron chi connectivity index (χ0n) is 8.72. The van der Waals surface area contributed by atoms with E-state index in [-0.39, 0.29) is 5.91 Å². The van der Waals surface area contributed by atoms with E-state index < -0.39 is 0 Å². The third-order valence-corrected chi connectivity index (χ3v) is 3.48. The molecule has 0 bridgehead atoms. The van der Waals surface area contributed by atoms with Gasteiger partial charge >= 0.3 is 0 Å². The maximum absolute atomic E-state index is 11.4. The van der Waals surface area contributed by atoms with E-state index in [0.717, 1.165) is 19.0 Å². The second-order valence-electron chi connectivity index (χ2n) is 4.51. The van der Waals surface area contributed by atoms with Crippen molar-refractivity contribution in [3.05, 3.63) is 0 Å². The molecule has 0 aromatic rings. The fourth-order valence-electron chi connectivity index (χ4n) is 2.67. The fraction of sp³-hybridized carbons (Fsp3) is 0.909. The molecule has 3 nitrogen and oxygen atoms in total. The van der Waals surface area contributed by atoms with Crippen LogP contribution < -0.4 is 10.6 Å². The molecule has 1 saturated heterocycles. The Bertz CT molecular complexity index is 199. The molecule has 2 rings (SSSR count). The minimum Gasteiger partial charge on any atom is -0.355 e. The van der Waals surface area contributed by atoms with Crippen LogP contribution in [0, 0.1) is 5.92 Å². The molecule has 3 heteroatoms. The molecule has 14 heavy (non-hydrogen) atoms. The van der Waals surface area contributed by atoms with E-state index in [2.05, 4.69) is 10.6 Å². The largest absolute Gasteiger partial charge is 0.355 e. The van der Waals surface area contributed by atoms with Crippen molar-refractivity contribution in [3.63, 3.8) is 0 Å². The van der Waals surface area contributed by atoms with Gasteiger partial charge in [0.25, 0.3) is 0 Å². The molecule has 1 atom stereocenters. The Morgan fingerprint density at radius 1 is 1.07 bits per heavy atom. The normalized spacial score (nSPS) is 30.9. The van der Waals surface area contributed by atoms with Crippen LogP contribution in [0.15, 0.2) is 0 Å². The molecule has 2 N–H and O–H groups in total. The van der Waals surface area contributed by atoms with E-state index in [4.69, 9.17) is 0 Å². The van der Waals surface area contributed by atoms with Crippen molar-refractivity contribution in [2.75, 3.05) is 13.1 Å². The van der Waals surface area contributed by atoms with Crippen LogP contribution in [0.5, 0.6) is 0 Å². The van der Waals surface area contributed by atoms with Gasteiger partial charge in [0.1, 0.15) is 0 Å². The lowest BCUT2D eigenvalue weighted by atomic mass is 9.82. The summed E-state index contributed by atoms with van der Waals surface area (Å²) in [5.74, 6) is 0.971. The summed E-state index contributed by atoms with van der Waals surface area (Å²) in [7, 11) is 0. The van der Waals surface area contributed by atoms with E-state index in [1.165, 1.54) is 32.1 Å². The van der Waals surface area contributed by atoms with Crippen molar-refractivity contribution in [2.45, 2.75) is 44.6 Å². The van der Waals surface area contributed by atoms with Gasteiger partial charge in [-0.3, -0.25) is 4.79 Å². The topological polar surface area (TPSA) is 41.1 Å². The van der Waals surface area contributed by atoms with Crippen LogP contribution in [0.3, 0.4) is 0 Å². The number of hydrogen-bond acceptors (Lipinski definition) is 2. The van der Waals surface area contributed by atoms with E-state index in [1.807, 2.05) is 0 Å². The van der Waals surface area contributed by atoms with Crippen LogP contribution in [-0.4, -0.2) is 25.0 Å². The van der Waals surface area contributed by atoms with E-state index in [1.54, 1.807) is 0 Å². The van der Waals surface area contributed by atoms with Gasteiger partial charge in [-0.1, -0.05) is 19.3 Å². The van der Waals surface area contributed by atoms with Gasteiger partial charge in [-0.25, -0.2) is 0 Å². The van der Waals surface area contributed by atoms with Gasteiger partial charge in [0.2, 0.25) is 5.91 Å². The highest BCUT2D eigenvalue weighted by Crippen LogP contribution is 2.27. The number of hydrogen-bond donors (Lipinski definition) is 2. The van der Waals surface area contributed by atoms with E-state index >= 15 is 0 Å². The maximum Gasteiger partial charge on any atom is 0.221 e. The summed E-state index contributed by atoms with van der Waals surface area (Å²) >= 11 is 0. The number of carbonyl (C=O) groups excluding carboxylic acids is 1. The van der Waals surface area contributed by atoms with Gasteiger partial charge in [0.15, 0.2) is 0 Å². The molecule has 1 heterocycles. The molecular formula is C11H20N2O. The lowest BCUT2D eigenvalue weighted by Crippen LogP contribution is -2.38. The molecule has 1 aliphatic carbocycles. The highest BCUT2D eigenvalue weighted by Gasteiger charge is 2.26. The molecule has 0 aromatic heterocycles. The zero-order valence-corrected chi connectivity index (χ0v) is 8.72. The van der Waals surface area contributed by atoms with Crippen molar-refractivity contribution in [1.29, 1.82) is 0 Å². The summed E-state index contributed by atoms with van der Waals surface area (Å²) in [5, 5.41) is 6.41. The second-order valence-corrected chi connectivity index (χ2v) is 4.51. The minimum atomic E-state index is 0.227. The van der Waals surface area contributed by atoms with Gasteiger partial charge in [0, 0.05) is 25.6 Å². The summed E-state index contributed by atoms with van der Waals surface area (Å²) in [6.07, 6.45) is 7.39. The van der Waals surface area contributed by atoms with E-state index in [0.29, 0.717) is 12.5 Å². The third-order valence-electron chi connectivity index (χ3n) is 3.48. The van der Waals surface area contributed by atoms with Gasteiger partial charge in [-0.05, 0) is 18.8 Å². The molecule has 1 unspecified atom stereocenters. The first kappa shape index (κ1) is 9.97. The van der Waals surface area contributed by atoms with Gasteiger partial charge in [-0.15, -0.1) is 0 Å². The van der Waals surface area contributed by atoms with Crippen LogP contribution in [0.4, 0.5) is 0 Å². The van der Waals surface area contributed by atoms with E-state index in [9.17, 15) is 4.79 Å². The average molecular weight is 196 g/mol. The number of amides is 1. The Balaban J connectivity index is 1.90. The zero-order chi connectivity index (χ0) is 9.80. The first-order chi connectivity index (χ1) is 6.86. The maximum atomic E-state index is 11.4. The predicted octanol–water partition coefficient (Wildman–Crippen LogP) is 1.04. The number of rotatable bonds is 1. The molecular weight excluding hydrogens is 176 g/mol. The Morgan fingerprint density at radius 2 is 1.86 bits per heavy atom. The first-order valence-electron chi connectivity index (χ1n) is 5.86. The quantitative estimate of drug-likeness (QED) is 0.658. The molecule has 1 amide bonds. The minimum absolute atomic E-state index is 0.227. The predicted molar refractivity (Wildman–Crippen MR) is 56.0 cm³/mol. The highest BCUT2D eigenvalue weighted by molar-refractivity contribution is 5.76. The lowest BCUT2D eigenvalue weighted by molar-refractivity contribution is -0.121. The molecule has 1 aliphatic heterocycles. The van der Waals surface area contributed by atoms with Crippen molar-refractivity contribution < 1.29 is 4.79 Å². The van der Waals surface area contributed by atoms with Crippen LogP contribution >= 0.6 is 0 Å². The molecule has 0 radical (unpaired) electrons. The van der Waals surface area contributed by atoms with Gasteiger partial charge in [0.05, 0.1) is 0 Å². The Hall–Kier alpha value is -0.570. The summed E-state index contributed by atoms with van der Waals surface area (Å²) in [6, 6.07) is 0.442. The summed E-state index contributed by atoms with van der Waals surface area (Å²) in [6.45, 7) is 1.73. The SMILES string of the molecule is O=C1CC(C2CCCCC2)NCCN1. The summed E-state index contributed by atoms with van der Waals surface area (Å²) in [4.78, 5) is 11.4. The fourth-order valence-corrected chi connectivity index (χ4v) is 2.67. The molecule has 2 fully saturated rings. The standard InChI is InChI=1S/C11H20N2O/c14-11-8-10(12-6-7-13-11)9-4-2-1-3-5-9/h9-10,12H,1-8H2,(H,13,14). The third kappa shape index (κ3) is 2.47. The van der Waals surface area contributed by atoms with Crippen molar-refractivity contribution in [2.24, 2.45) is 5.92 Å².